The molecule has 0 aliphatic heterocycles. The molecule has 0 aliphatic rings. The highest BCUT2D eigenvalue weighted by Gasteiger charge is 2.00. The van der Waals surface area contributed by atoms with Crippen LogP contribution in [-0.2, 0) is 0 Å². The number of aryl methyl sites for hydroxylation is 1. The van der Waals surface area contributed by atoms with Crippen LogP contribution >= 0.6 is 0 Å². The molecule has 0 N–H and O–H groups in total. The molecule has 4 heteroatoms. The summed E-state index contributed by atoms with van der Waals surface area (Å²) in [7, 11) is 0. The molecule has 110 valence electrons. The molecule has 0 fully saturated rings. The van der Waals surface area contributed by atoms with Crippen LogP contribution in [-0.4, -0.2) is 13.2 Å². The summed E-state index contributed by atoms with van der Waals surface area (Å²) in [5, 5.41) is 8.47. The topological polar surface area (TPSA) is 43.2 Å². The predicted octanol–water partition coefficient (Wildman–Crippen LogP) is 5.21. The summed E-state index contributed by atoms with van der Waals surface area (Å²) in [5.74, 6) is 1.73. The minimum absolute atomic E-state index is 0.659. The first kappa shape index (κ1) is 15.0. The van der Waals surface area contributed by atoms with Gasteiger partial charge in [0, 0.05) is 0 Å². The lowest BCUT2D eigenvalue weighted by atomic mass is 10.2. The highest BCUT2D eigenvalue weighted by Crippen LogP contribution is 2.26. The lowest BCUT2D eigenvalue weighted by Gasteiger charge is -2.06. The number of azo groups is 1. The third kappa shape index (κ3) is 4.31. The Morgan fingerprint density at radius 1 is 0.810 bits per heavy atom. The third-order valence-electron chi connectivity index (χ3n) is 2.89. The summed E-state index contributed by atoms with van der Waals surface area (Å²) in [4.78, 5) is 0. The molecule has 2 aromatic rings. The first-order valence-corrected chi connectivity index (χ1v) is 7.11. The molecular weight excluding hydrogens is 264 g/mol. The summed E-state index contributed by atoms with van der Waals surface area (Å²) >= 11 is 0. The summed E-state index contributed by atoms with van der Waals surface area (Å²) in [6, 6.07) is 13.3. The average Bonchev–Trinajstić information content (AvgIpc) is 2.49. The second-order valence-corrected chi connectivity index (χ2v) is 4.51. The molecule has 0 saturated carbocycles. The number of benzene rings is 2. The van der Waals surface area contributed by atoms with E-state index in [1.165, 1.54) is 0 Å². The van der Waals surface area contributed by atoms with Crippen molar-refractivity contribution in [1.29, 1.82) is 0 Å². The maximum atomic E-state index is 5.50. The molecule has 21 heavy (non-hydrogen) atoms. The minimum Gasteiger partial charge on any atom is -0.494 e. The number of rotatable bonds is 6. The van der Waals surface area contributed by atoms with Crippen LogP contribution in [0.25, 0.3) is 0 Å². The van der Waals surface area contributed by atoms with E-state index >= 15 is 0 Å². The van der Waals surface area contributed by atoms with Crippen molar-refractivity contribution in [2.75, 3.05) is 13.2 Å². The van der Waals surface area contributed by atoms with Crippen LogP contribution in [0.3, 0.4) is 0 Å². The second kappa shape index (κ2) is 7.43. The van der Waals surface area contributed by atoms with Crippen molar-refractivity contribution < 1.29 is 9.47 Å². The van der Waals surface area contributed by atoms with E-state index in [0.29, 0.717) is 13.2 Å². The van der Waals surface area contributed by atoms with Crippen LogP contribution in [0.2, 0.25) is 0 Å². The highest BCUT2D eigenvalue weighted by atomic mass is 16.5. The van der Waals surface area contributed by atoms with E-state index in [1.807, 2.05) is 63.2 Å². The van der Waals surface area contributed by atoms with Crippen LogP contribution in [0.5, 0.6) is 11.5 Å². The fourth-order valence-electron chi connectivity index (χ4n) is 1.90. The molecule has 0 bridgehead atoms. The molecule has 0 heterocycles. The van der Waals surface area contributed by atoms with Gasteiger partial charge in [0.05, 0.1) is 24.6 Å². The zero-order valence-electron chi connectivity index (χ0n) is 12.7. The largest absolute Gasteiger partial charge is 0.494 e. The summed E-state index contributed by atoms with van der Waals surface area (Å²) in [5.41, 5.74) is 2.66. The lowest BCUT2D eigenvalue weighted by Crippen LogP contribution is -1.92. The average molecular weight is 284 g/mol. The van der Waals surface area contributed by atoms with Crippen molar-refractivity contribution in [3.63, 3.8) is 0 Å². The number of hydrogen-bond donors (Lipinski definition) is 0. The third-order valence-corrected chi connectivity index (χ3v) is 2.89. The van der Waals surface area contributed by atoms with Gasteiger partial charge in [0.1, 0.15) is 11.5 Å². The Bertz CT molecular complexity index is 607. The number of nitrogens with zero attached hydrogens (tertiary/aromatic N) is 2. The SMILES string of the molecule is CCOc1ccc(N=Nc2ccc(OCC)c(C)c2)cc1. The summed E-state index contributed by atoms with van der Waals surface area (Å²) in [6.07, 6.45) is 0. The van der Waals surface area contributed by atoms with Crippen LogP contribution in [0.1, 0.15) is 19.4 Å². The maximum Gasteiger partial charge on any atom is 0.122 e. The molecule has 2 aromatic carbocycles. The van der Waals surface area contributed by atoms with Crippen molar-refractivity contribution >= 4 is 11.4 Å². The molecule has 0 saturated heterocycles. The van der Waals surface area contributed by atoms with Gasteiger partial charge < -0.3 is 9.47 Å². The van der Waals surface area contributed by atoms with Crippen molar-refractivity contribution in [3.05, 3.63) is 48.0 Å². The molecule has 0 aliphatic carbocycles. The monoisotopic (exact) mass is 284 g/mol. The second-order valence-electron chi connectivity index (χ2n) is 4.51. The Morgan fingerprint density at radius 2 is 1.43 bits per heavy atom. The molecule has 0 aromatic heterocycles. The fourth-order valence-corrected chi connectivity index (χ4v) is 1.90. The van der Waals surface area contributed by atoms with E-state index in [0.717, 1.165) is 28.4 Å². The van der Waals surface area contributed by atoms with Crippen molar-refractivity contribution in [2.24, 2.45) is 10.2 Å². The van der Waals surface area contributed by atoms with Crippen LogP contribution in [0.4, 0.5) is 11.4 Å². The van der Waals surface area contributed by atoms with Gasteiger partial charge in [0.15, 0.2) is 0 Å². The van der Waals surface area contributed by atoms with Crippen LogP contribution in [0, 0.1) is 6.92 Å². The van der Waals surface area contributed by atoms with Gasteiger partial charge in [-0.1, -0.05) is 0 Å². The fraction of sp³-hybridized carbons (Fsp3) is 0.294. The van der Waals surface area contributed by atoms with E-state index in [4.69, 9.17) is 9.47 Å². The van der Waals surface area contributed by atoms with E-state index < -0.39 is 0 Å². The highest BCUT2D eigenvalue weighted by molar-refractivity contribution is 5.47. The summed E-state index contributed by atoms with van der Waals surface area (Å²) in [6.45, 7) is 7.25. The normalized spacial score (nSPS) is 10.8. The van der Waals surface area contributed by atoms with Crippen molar-refractivity contribution in [3.8, 4) is 11.5 Å². The number of hydrogen-bond acceptors (Lipinski definition) is 4. The molecular formula is C17H20N2O2. The molecule has 0 spiro atoms. The molecule has 0 radical (unpaired) electrons. The Hall–Kier alpha value is -2.36. The Kier molecular flexibility index (Phi) is 5.32. The van der Waals surface area contributed by atoms with Gasteiger partial charge in [-0.3, -0.25) is 0 Å². The molecule has 0 unspecified atom stereocenters. The van der Waals surface area contributed by atoms with E-state index in [9.17, 15) is 0 Å². The maximum absolute atomic E-state index is 5.50. The van der Waals surface area contributed by atoms with Gasteiger partial charge >= 0.3 is 0 Å². The first-order valence-electron chi connectivity index (χ1n) is 7.11. The molecule has 0 atom stereocenters. The first-order chi connectivity index (χ1) is 10.2. The Labute approximate surface area is 125 Å². The molecule has 4 nitrogen and oxygen atoms in total. The molecule has 2 rings (SSSR count). The van der Waals surface area contributed by atoms with Crippen LogP contribution in [0.15, 0.2) is 52.7 Å². The summed E-state index contributed by atoms with van der Waals surface area (Å²) < 4.78 is 10.9. The van der Waals surface area contributed by atoms with Gasteiger partial charge in [-0.2, -0.15) is 10.2 Å². The smallest absolute Gasteiger partial charge is 0.122 e. The minimum atomic E-state index is 0.659. The van der Waals surface area contributed by atoms with Gasteiger partial charge in [-0.25, -0.2) is 0 Å². The predicted molar refractivity (Wildman–Crippen MR) is 84.1 cm³/mol. The zero-order chi connectivity index (χ0) is 15.1. The Morgan fingerprint density at radius 3 is 2.05 bits per heavy atom. The van der Waals surface area contributed by atoms with Gasteiger partial charge in [-0.15, -0.1) is 0 Å². The quantitative estimate of drug-likeness (QED) is 0.683. The molecule has 0 amide bonds. The van der Waals surface area contributed by atoms with E-state index in [2.05, 4.69) is 10.2 Å². The zero-order valence-corrected chi connectivity index (χ0v) is 12.7. The van der Waals surface area contributed by atoms with Crippen LogP contribution < -0.4 is 9.47 Å². The van der Waals surface area contributed by atoms with Gasteiger partial charge in [0.25, 0.3) is 0 Å². The van der Waals surface area contributed by atoms with Crippen molar-refractivity contribution in [1.82, 2.24) is 0 Å². The van der Waals surface area contributed by atoms with E-state index in [1.54, 1.807) is 0 Å². The standard InChI is InChI=1S/C17H20N2O2/c1-4-20-16-9-6-14(7-10-16)18-19-15-8-11-17(21-5-2)13(3)12-15/h6-12H,4-5H2,1-3H3. The van der Waals surface area contributed by atoms with Gasteiger partial charge in [-0.05, 0) is 68.8 Å². The Balaban J connectivity index is 2.08. The van der Waals surface area contributed by atoms with Gasteiger partial charge in [0.2, 0.25) is 0 Å². The van der Waals surface area contributed by atoms with Crippen molar-refractivity contribution in [2.45, 2.75) is 20.8 Å². The lowest BCUT2D eigenvalue weighted by molar-refractivity contribution is 0.338. The number of ether oxygens (including phenoxy) is 2. The van der Waals surface area contributed by atoms with E-state index in [-0.39, 0.29) is 0 Å².